The molecule has 0 bridgehead atoms. The topological polar surface area (TPSA) is 87.7 Å². The number of amides is 3. The summed E-state index contributed by atoms with van der Waals surface area (Å²) in [6.45, 7) is 9.06. The number of ether oxygens (including phenoxy) is 1. The van der Waals surface area contributed by atoms with Gasteiger partial charge in [-0.2, -0.15) is 0 Å². The van der Waals surface area contributed by atoms with Crippen molar-refractivity contribution >= 4 is 17.9 Å². The van der Waals surface area contributed by atoms with Gasteiger partial charge < -0.3 is 20.3 Å². The van der Waals surface area contributed by atoms with Gasteiger partial charge in [0.25, 0.3) is 0 Å². The van der Waals surface area contributed by atoms with E-state index in [9.17, 15) is 14.4 Å². The molecule has 7 nitrogen and oxygen atoms in total. The van der Waals surface area contributed by atoms with Gasteiger partial charge in [-0.15, -0.1) is 6.42 Å². The molecule has 0 aliphatic heterocycles. The normalized spacial score (nSPS) is 14.7. The van der Waals surface area contributed by atoms with Crippen LogP contribution in [0, 0.1) is 12.3 Å². The highest BCUT2D eigenvalue weighted by Gasteiger charge is 2.44. The molecule has 0 radical (unpaired) electrons. The predicted molar refractivity (Wildman–Crippen MR) is 144 cm³/mol. The van der Waals surface area contributed by atoms with Crippen LogP contribution in [-0.2, 0) is 20.7 Å². The first-order valence-corrected chi connectivity index (χ1v) is 12.7. The first-order valence-electron chi connectivity index (χ1n) is 12.7. The molecular formula is C30H37N3O4. The van der Waals surface area contributed by atoms with Crippen LogP contribution in [-0.4, -0.2) is 46.5 Å². The summed E-state index contributed by atoms with van der Waals surface area (Å²) in [5, 5.41) is 5.74. The molecule has 1 saturated carbocycles. The molecule has 7 heteroatoms. The monoisotopic (exact) mass is 503 g/mol. The summed E-state index contributed by atoms with van der Waals surface area (Å²) in [4.78, 5) is 42.1. The number of hydrogen-bond donors (Lipinski definition) is 2. The SMILES string of the molecule is C#Cc1ccc(C(C(=O)NC(C)C)N(C(=O)C(Cc2ccccc2)NC(=O)OC(C)(C)C)C2CC2)cc1. The van der Waals surface area contributed by atoms with Crippen molar-refractivity contribution in [3.63, 3.8) is 0 Å². The highest BCUT2D eigenvalue weighted by Crippen LogP contribution is 2.36. The lowest BCUT2D eigenvalue weighted by Crippen LogP contribution is -2.55. The number of nitrogens with one attached hydrogen (secondary N) is 2. The molecule has 1 aliphatic carbocycles. The molecule has 0 spiro atoms. The van der Waals surface area contributed by atoms with Crippen LogP contribution in [0.2, 0.25) is 0 Å². The van der Waals surface area contributed by atoms with E-state index >= 15 is 0 Å². The Hall–Kier alpha value is -3.79. The fourth-order valence-corrected chi connectivity index (χ4v) is 4.11. The lowest BCUT2D eigenvalue weighted by atomic mass is 9.99. The minimum atomic E-state index is -0.919. The number of terminal acetylenes is 1. The van der Waals surface area contributed by atoms with Crippen LogP contribution in [0.5, 0.6) is 0 Å². The summed E-state index contributed by atoms with van der Waals surface area (Å²) in [5.74, 6) is 1.98. The van der Waals surface area contributed by atoms with E-state index in [1.807, 2.05) is 44.2 Å². The Morgan fingerprint density at radius 2 is 1.65 bits per heavy atom. The summed E-state index contributed by atoms with van der Waals surface area (Å²) < 4.78 is 5.46. The Morgan fingerprint density at radius 1 is 1.03 bits per heavy atom. The van der Waals surface area contributed by atoms with Gasteiger partial charge in [-0.05, 0) is 70.7 Å². The third-order valence-corrected chi connectivity index (χ3v) is 5.82. The van der Waals surface area contributed by atoms with Crippen LogP contribution >= 0.6 is 0 Å². The zero-order valence-electron chi connectivity index (χ0n) is 22.3. The Morgan fingerprint density at radius 3 is 2.16 bits per heavy atom. The zero-order chi connectivity index (χ0) is 27.2. The number of nitrogens with zero attached hydrogens (tertiary/aromatic N) is 1. The summed E-state index contributed by atoms with van der Waals surface area (Å²) in [6, 6.07) is 14.6. The highest BCUT2D eigenvalue weighted by atomic mass is 16.6. The van der Waals surface area contributed by atoms with Gasteiger partial charge in [-0.3, -0.25) is 9.59 Å². The van der Waals surface area contributed by atoms with E-state index in [1.165, 1.54) is 0 Å². The van der Waals surface area contributed by atoms with Crippen LogP contribution in [0.15, 0.2) is 54.6 Å². The van der Waals surface area contributed by atoms with Gasteiger partial charge in [0.2, 0.25) is 11.8 Å². The smallest absolute Gasteiger partial charge is 0.408 e. The van der Waals surface area contributed by atoms with Crippen molar-refractivity contribution in [2.24, 2.45) is 0 Å². The van der Waals surface area contributed by atoms with Gasteiger partial charge in [0.05, 0.1) is 0 Å². The van der Waals surface area contributed by atoms with Crippen molar-refractivity contribution in [3.8, 4) is 12.3 Å². The summed E-state index contributed by atoms with van der Waals surface area (Å²) in [7, 11) is 0. The van der Waals surface area contributed by atoms with Gasteiger partial charge >= 0.3 is 6.09 Å². The molecule has 3 rings (SSSR count). The quantitative estimate of drug-likeness (QED) is 0.498. The van der Waals surface area contributed by atoms with Crippen molar-refractivity contribution in [3.05, 3.63) is 71.3 Å². The summed E-state index contributed by atoms with van der Waals surface area (Å²) >= 11 is 0. The predicted octanol–water partition coefficient (Wildman–Crippen LogP) is 4.36. The summed E-state index contributed by atoms with van der Waals surface area (Å²) in [6.07, 6.45) is 6.67. The van der Waals surface area contributed by atoms with E-state index in [1.54, 1.807) is 49.9 Å². The number of benzene rings is 2. The fraction of sp³-hybridized carbons (Fsp3) is 0.433. The van der Waals surface area contributed by atoms with E-state index in [0.29, 0.717) is 11.1 Å². The van der Waals surface area contributed by atoms with Crippen molar-refractivity contribution < 1.29 is 19.1 Å². The van der Waals surface area contributed by atoms with Gasteiger partial charge in [0.15, 0.2) is 0 Å². The molecule has 1 fully saturated rings. The third-order valence-electron chi connectivity index (χ3n) is 5.82. The Kier molecular flexibility index (Phi) is 8.99. The van der Waals surface area contributed by atoms with Crippen molar-refractivity contribution in [2.45, 2.75) is 83.6 Å². The van der Waals surface area contributed by atoms with E-state index in [0.717, 1.165) is 18.4 Å². The van der Waals surface area contributed by atoms with Crippen molar-refractivity contribution in [2.75, 3.05) is 0 Å². The van der Waals surface area contributed by atoms with E-state index in [4.69, 9.17) is 11.2 Å². The lowest BCUT2D eigenvalue weighted by Gasteiger charge is -2.35. The van der Waals surface area contributed by atoms with E-state index in [-0.39, 0.29) is 30.3 Å². The Balaban J connectivity index is 2.00. The second kappa shape index (κ2) is 12.0. The standard InChI is InChI=1S/C30H37N3O4/c1-7-21-13-15-23(16-14-21)26(27(34)31-20(2)3)33(24-17-18-24)28(35)25(19-22-11-9-8-10-12-22)32-29(36)37-30(4,5)6/h1,8-16,20,24-26H,17-19H2,2-6H3,(H,31,34)(H,32,36). The zero-order valence-corrected chi connectivity index (χ0v) is 22.3. The molecule has 196 valence electrons. The molecule has 3 amide bonds. The average Bonchev–Trinajstić information content (AvgIpc) is 3.66. The molecule has 37 heavy (non-hydrogen) atoms. The van der Waals surface area contributed by atoms with Crippen molar-refractivity contribution in [1.29, 1.82) is 0 Å². The molecule has 2 aromatic rings. The maximum absolute atomic E-state index is 14.2. The first kappa shape index (κ1) is 27.8. The van der Waals surface area contributed by atoms with Crippen LogP contribution < -0.4 is 10.6 Å². The minimum absolute atomic E-state index is 0.110. The first-order chi connectivity index (χ1) is 17.5. The maximum Gasteiger partial charge on any atom is 0.408 e. The molecule has 2 unspecified atom stereocenters. The highest BCUT2D eigenvalue weighted by molar-refractivity contribution is 5.93. The fourth-order valence-electron chi connectivity index (χ4n) is 4.11. The second-order valence-electron chi connectivity index (χ2n) is 10.7. The number of carbonyl (C=O) groups excluding carboxylic acids is 3. The van der Waals surface area contributed by atoms with E-state index in [2.05, 4.69) is 16.6 Å². The van der Waals surface area contributed by atoms with Gasteiger partial charge in [-0.25, -0.2) is 4.79 Å². The molecule has 0 saturated heterocycles. The van der Waals surface area contributed by atoms with Gasteiger partial charge in [-0.1, -0.05) is 48.4 Å². The molecule has 1 aliphatic rings. The molecule has 2 N–H and O–H groups in total. The molecule has 0 aromatic heterocycles. The van der Waals surface area contributed by atoms with Crippen LogP contribution in [0.3, 0.4) is 0 Å². The minimum Gasteiger partial charge on any atom is -0.444 e. The number of carbonyl (C=O) groups is 3. The number of rotatable bonds is 9. The number of hydrogen-bond acceptors (Lipinski definition) is 4. The van der Waals surface area contributed by atoms with Crippen LogP contribution in [0.4, 0.5) is 4.79 Å². The molecule has 0 heterocycles. The Bertz CT molecular complexity index is 1130. The molecular weight excluding hydrogens is 466 g/mol. The largest absolute Gasteiger partial charge is 0.444 e. The van der Waals surface area contributed by atoms with Crippen LogP contribution in [0.25, 0.3) is 0 Å². The van der Waals surface area contributed by atoms with Gasteiger partial charge in [0, 0.05) is 24.1 Å². The molecule has 2 atom stereocenters. The Labute approximate surface area is 220 Å². The lowest BCUT2D eigenvalue weighted by molar-refractivity contribution is -0.143. The third kappa shape index (κ3) is 8.11. The van der Waals surface area contributed by atoms with Crippen molar-refractivity contribution in [1.82, 2.24) is 15.5 Å². The second-order valence-corrected chi connectivity index (χ2v) is 10.7. The van der Waals surface area contributed by atoms with E-state index < -0.39 is 23.8 Å². The van der Waals surface area contributed by atoms with Crippen LogP contribution in [0.1, 0.15) is 70.2 Å². The summed E-state index contributed by atoms with van der Waals surface area (Å²) in [5.41, 5.74) is 1.51. The molecule has 2 aromatic carbocycles. The number of alkyl carbamates (subject to hydrolysis) is 1. The maximum atomic E-state index is 14.2. The van der Waals surface area contributed by atoms with Gasteiger partial charge in [0.1, 0.15) is 17.7 Å². The average molecular weight is 504 g/mol.